The monoisotopic (exact) mass is 368 g/mol. The molecule has 26 heavy (non-hydrogen) atoms. The van der Waals surface area contributed by atoms with Crippen molar-refractivity contribution in [1.82, 2.24) is 10.6 Å². The zero-order valence-electron chi connectivity index (χ0n) is 16.5. The molecule has 0 spiro atoms. The van der Waals surface area contributed by atoms with Gasteiger partial charge in [0, 0.05) is 26.2 Å². The molecule has 0 saturated heterocycles. The van der Waals surface area contributed by atoms with E-state index in [9.17, 15) is 20.4 Å². The summed E-state index contributed by atoms with van der Waals surface area (Å²) < 4.78 is 0. The number of aliphatic hydroxyl groups excluding tert-OH is 4. The van der Waals surface area contributed by atoms with Crippen LogP contribution in [0.1, 0.15) is 49.9 Å². The number of benzene rings is 1. The molecule has 6 N–H and O–H groups in total. The molecule has 0 amide bonds. The van der Waals surface area contributed by atoms with Crippen LogP contribution in [0.4, 0.5) is 0 Å². The second-order valence-electron chi connectivity index (χ2n) is 7.46. The third-order valence-corrected chi connectivity index (χ3v) is 4.04. The summed E-state index contributed by atoms with van der Waals surface area (Å²) >= 11 is 0. The number of aliphatic hydroxyl groups is 4. The zero-order chi connectivity index (χ0) is 19.7. The highest BCUT2D eigenvalue weighted by Crippen LogP contribution is 2.22. The predicted molar refractivity (Wildman–Crippen MR) is 104 cm³/mol. The Bertz CT molecular complexity index is 496. The van der Waals surface area contributed by atoms with Crippen LogP contribution in [-0.4, -0.2) is 57.9 Å². The van der Waals surface area contributed by atoms with Crippen molar-refractivity contribution < 1.29 is 20.4 Å². The Kier molecular flexibility index (Phi) is 10.3. The molecular formula is C20H36N2O4. The zero-order valence-corrected chi connectivity index (χ0v) is 16.5. The Morgan fingerprint density at radius 3 is 1.46 bits per heavy atom. The first-order chi connectivity index (χ1) is 12.2. The molecule has 1 rings (SSSR count). The molecule has 0 aliphatic heterocycles. The molecule has 0 aliphatic carbocycles. The molecule has 150 valence electrons. The van der Waals surface area contributed by atoms with Crippen LogP contribution in [0.5, 0.6) is 0 Å². The third-order valence-electron chi connectivity index (χ3n) is 4.04. The molecule has 4 unspecified atom stereocenters. The minimum absolute atomic E-state index is 0.428. The van der Waals surface area contributed by atoms with E-state index < -0.39 is 24.4 Å². The van der Waals surface area contributed by atoms with Crippen LogP contribution in [0.25, 0.3) is 0 Å². The van der Waals surface area contributed by atoms with Gasteiger partial charge in [-0.25, -0.2) is 0 Å². The lowest BCUT2D eigenvalue weighted by Gasteiger charge is -2.20. The first-order valence-electron chi connectivity index (χ1n) is 9.46. The second kappa shape index (κ2) is 11.6. The molecule has 6 heteroatoms. The molecular weight excluding hydrogens is 332 g/mol. The lowest BCUT2D eigenvalue weighted by atomic mass is 9.91. The molecule has 1 aromatic rings. The molecule has 0 aromatic heterocycles. The average molecular weight is 369 g/mol. The van der Waals surface area contributed by atoms with Crippen LogP contribution in [0.2, 0.25) is 0 Å². The lowest BCUT2D eigenvalue weighted by Crippen LogP contribution is -2.27. The van der Waals surface area contributed by atoms with E-state index in [0.29, 0.717) is 39.0 Å². The van der Waals surface area contributed by atoms with Gasteiger partial charge in [0.15, 0.2) is 0 Å². The normalized spacial score (nSPS) is 16.3. The standard InChI is InChI=1S/C20H36N2O4/c1-13(23)5-17-7-18(11-21-9-15(3)25)20(6-14(2)24)19(8-17)12-22-10-16(4)26/h7-8,13-16,21-26H,5-6,9-12H2,1-4H3. The highest BCUT2D eigenvalue weighted by molar-refractivity contribution is 5.40. The number of rotatable bonds is 12. The van der Waals surface area contributed by atoms with Gasteiger partial charge in [0.1, 0.15) is 0 Å². The predicted octanol–water partition coefficient (Wildman–Crippen LogP) is 0.474. The molecule has 0 radical (unpaired) electrons. The quantitative estimate of drug-likeness (QED) is 0.321. The van der Waals surface area contributed by atoms with Gasteiger partial charge in [-0.1, -0.05) is 12.1 Å². The molecule has 0 fully saturated rings. The Morgan fingerprint density at radius 2 is 1.12 bits per heavy atom. The molecule has 0 aliphatic rings. The molecule has 6 nitrogen and oxygen atoms in total. The SMILES string of the molecule is CC(O)CNCc1cc(CC(C)O)cc(CNCC(C)O)c1CC(C)O. The number of hydrogen-bond acceptors (Lipinski definition) is 6. The van der Waals surface area contributed by atoms with Crippen LogP contribution in [0, 0.1) is 0 Å². The molecule has 0 bridgehead atoms. The largest absolute Gasteiger partial charge is 0.393 e. The van der Waals surface area contributed by atoms with Crippen molar-refractivity contribution in [2.75, 3.05) is 13.1 Å². The summed E-state index contributed by atoms with van der Waals surface area (Å²) in [4.78, 5) is 0. The fourth-order valence-corrected chi connectivity index (χ4v) is 3.03. The summed E-state index contributed by atoms with van der Waals surface area (Å²) in [5.41, 5.74) is 4.25. The molecule has 0 heterocycles. The van der Waals surface area contributed by atoms with Crippen molar-refractivity contribution in [2.45, 2.75) is 78.0 Å². The second-order valence-corrected chi connectivity index (χ2v) is 7.46. The van der Waals surface area contributed by atoms with Gasteiger partial charge in [0.05, 0.1) is 24.4 Å². The molecule has 4 atom stereocenters. The van der Waals surface area contributed by atoms with Crippen molar-refractivity contribution in [3.05, 3.63) is 34.4 Å². The summed E-state index contributed by atoms with van der Waals surface area (Å²) in [5, 5.41) is 45.1. The van der Waals surface area contributed by atoms with E-state index in [1.807, 2.05) is 0 Å². The minimum atomic E-state index is -0.469. The summed E-state index contributed by atoms with van der Waals surface area (Å²) in [6.07, 6.45) is -0.669. The maximum atomic E-state index is 9.94. The average Bonchev–Trinajstić information content (AvgIpc) is 2.48. The van der Waals surface area contributed by atoms with Crippen molar-refractivity contribution in [3.63, 3.8) is 0 Å². The fourth-order valence-electron chi connectivity index (χ4n) is 3.03. The molecule has 1 aromatic carbocycles. The Balaban J connectivity index is 3.12. The number of nitrogens with one attached hydrogen (secondary N) is 2. The third kappa shape index (κ3) is 9.07. The smallest absolute Gasteiger partial charge is 0.0636 e. The Labute approximate surface area is 157 Å². The lowest BCUT2D eigenvalue weighted by molar-refractivity contribution is 0.188. The maximum absolute atomic E-state index is 9.94. The van der Waals surface area contributed by atoms with E-state index in [0.717, 1.165) is 22.3 Å². The Morgan fingerprint density at radius 1 is 0.692 bits per heavy atom. The maximum Gasteiger partial charge on any atom is 0.0636 e. The number of hydrogen-bond donors (Lipinski definition) is 6. The minimum Gasteiger partial charge on any atom is -0.393 e. The van der Waals surface area contributed by atoms with Gasteiger partial charge >= 0.3 is 0 Å². The topological polar surface area (TPSA) is 105 Å². The van der Waals surface area contributed by atoms with E-state index in [4.69, 9.17) is 0 Å². The van der Waals surface area contributed by atoms with Gasteiger partial charge in [-0.2, -0.15) is 0 Å². The highest BCUT2D eigenvalue weighted by Gasteiger charge is 2.14. The van der Waals surface area contributed by atoms with Gasteiger partial charge in [0.2, 0.25) is 0 Å². The summed E-state index contributed by atoms with van der Waals surface area (Å²) in [5.74, 6) is 0. The van der Waals surface area contributed by atoms with E-state index in [1.54, 1.807) is 27.7 Å². The van der Waals surface area contributed by atoms with E-state index in [-0.39, 0.29) is 0 Å². The Hall–Kier alpha value is -1.02. The highest BCUT2D eigenvalue weighted by atomic mass is 16.3. The van der Waals surface area contributed by atoms with Crippen LogP contribution in [-0.2, 0) is 25.9 Å². The summed E-state index contributed by atoms with van der Waals surface area (Å²) in [7, 11) is 0. The van der Waals surface area contributed by atoms with E-state index >= 15 is 0 Å². The van der Waals surface area contributed by atoms with Crippen LogP contribution in [0.3, 0.4) is 0 Å². The van der Waals surface area contributed by atoms with Crippen LogP contribution < -0.4 is 10.6 Å². The van der Waals surface area contributed by atoms with E-state index in [1.165, 1.54) is 0 Å². The first kappa shape index (κ1) is 23.0. The van der Waals surface area contributed by atoms with E-state index in [2.05, 4.69) is 22.8 Å². The van der Waals surface area contributed by atoms with Crippen molar-refractivity contribution in [2.24, 2.45) is 0 Å². The van der Waals surface area contributed by atoms with Crippen LogP contribution in [0.15, 0.2) is 12.1 Å². The van der Waals surface area contributed by atoms with Crippen molar-refractivity contribution >= 4 is 0 Å². The molecule has 0 saturated carbocycles. The van der Waals surface area contributed by atoms with Crippen LogP contribution >= 0.6 is 0 Å². The van der Waals surface area contributed by atoms with Gasteiger partial charge in [-0.15, -0.1) is 0 Å². The first-order valence-corrected chi connectivity index (χ1v) is 9.46. The summed E-state index contributed by atoms with van der Waals surface area (Å²) in [6, 6.07) is 4.13. The van der Waals surface area contributed by atoms with Crippen molar-refractivity contribution in [1.29, 1.82) is 0 Å². The van der Waals surface area contributed by atoms with Gasteiger partial charge in [-0.3, -0.25) is 0 Å². The van der Waals surface area contributed by atoms with Gasteiger partial charge in [-0.05, 0) is 62.8 Å². The fraction of sp³-hybridized carbons (Fsp3) is 0.700. The van der Waals surface area contributed by atoms with Gasteiger partial charge < -0.3 is 31.1 Å². The summed E-state index contributed by atoms with van der Waals surface area (Å²) in [6.45, 7) is 9.16. The van der Waals surface area contributed by atoms with Crippen molar-refractivity contribution in [3.8, 4) is 0 Å². The van der Waals surface area contributed by atoms with Gasteiger partial charge in [0.25, 0.3) is 0 Å².